The number of sulfonamides is 2. The molecule has 0 radical (unpaired) electrons. The monoisotopic (exact) mass is 714 g/mol. The number of hydrogen-bond donors (Lipinski definition) is 2. The minimum Gasteiger partial charge on any atom is -0.538 e. The highest BCUT2D eigenvalue weighted by Gasteiger charge is 2.35. The summed E-state index contributed by atoms with van der Waals surface area (Å²) in [6.07, 6.45) is 0.416. The first-order chi connectivity index (χ1) is 22.4. The van der Waals surface area contributed by atoms with Gasteiger partial charge in [0.05, 0.1) is 10.5 Å². The van der Waals surface area contributed by atoms with Crippen LogP contribution in [-0.2, 0) is 26.5 Å². The molecule has 6 aromatic rings. The summed E-state index contributed by atoms with van der Waals surface area (Å²) in [5, 5.41) is 31.3. The third-order valence-corrected chi connectivity index (χ3v) is 9.83. The first kappa shape index (κ1) is 31.8. The fourth-order valence-corrected chi connectivity index (χ4v) is 7.03. The van der Waals surface area contributed by atoms with Crippen molar-refractivity contribution in [3.63, 3.8) is 0 Å². The van der Waals surface area contributed by atoms with E-state index < -0.39 is 42.0 Å². The molecule has 0 fully saturated rings. The topological polar surface area (TPSA) is 198 Å². The zero-order valence-electron chi connectivity index (χ0n) is 23.6. The second kappa shape index (κ2) is 12.6. The number of halogens is 2. The van der Waals surface area contributed by atoms with Crippen LogP contribution in [0, 0.1) is 0 Å². The molecule has 6 rings (SSSR count). The molecule has 0 saturated carbocycles. The van der Waals surface area contributed by atoms with Gasteiger partial charge < -0.3 is 19.3 Å². The molecule has 0 aliphatic heterocycles. The van der Waals surface area contributed by atoms with Crippen molar-refractivity contribution in [2.24, 2.45) is 0 Å². The van der Waals surface area contributed by atoms with Crippen molar-refractivity contribution >= 4 is 54.6 Å². The number of aromatic nitrogens is 4. The van der Waals surface area contributed by atoms with E-state index in [1.54, 1.807) is 48.5 Å². The quantitative estimate of drug-likeness (QED) is 0.199. The van der Waals surface area contributed by atoms with Gasteiger partial charge in [0, 0.05) is 45.7 Å². The van der Waals surface area contributed by atoms with Crippen LogP contribution in [0.15, 0.2) is 116 Å². The minimum atomic E-state index is -4.39. The van der Waals surface area contributed by atoms with Crippen molar-refractivity contribution in [1.82, 2.24) is 10.5 Å². The lowest BCUT2D eigenvalue weighted by molar-refractivity contribution is -0.706. The van der Waals surface area contributed by atoms with Crippen molar-refractivity contribution in [3.05, 3.63) is 118 Å². The number of nitrogens with zero attached hydrogens (tertiary/aromatic N) is 4. The van der Waals surface area contributed by atoms with Gasteiger partial charge in [0.25, 0.3) is 0 Å². The summed E-state index contributed by atoms with van der Waals surface area (Å²) >= 11 is 11.7. The lowest BCUT2D eigenvalue weighted by Gasteiger charge is -2.06. The fraction of sp³-hybridized carbons (Fsp3) is 0.0345. The van der Waals surface area contributed by atoms with Gasteiger partial charge in [-0.25, -0.2) is 0 Å². The van der Waals surface area contributed by atoms with E-state index in [2.05, 4.69) is 29.0 Å². The van der Waals surface area contributed by atoms with Crippen molar-refractivity contribution < 1.29 is 45.5 Å². The maximum Gasteiger partial charge on any atom is 0.373 e. The van der Waals surface area contributed by atoms with Gasteiger partial charge in [0.15, 0.2) is 11.9 Å². The van der Waals surface area contributed by atoms with Crippen LogP contribution in [0.5, 0.6) is 11.9 Å². The van der Waals surface area contributed by atoms with Crippen LogP contribution in [0.3, 0.4) is 0 Å². The normalized spacial score (nSPS) is 11.8. The molecule has 2 aromatic heterocycles. The van der Waals surface area contributed by atoms with Crippen LogP contribution in [0.25, 0.3) is 11.4 Å². The predicted octanol–water partition coefficient (Wildman–Crippen LogP) is 2.86. The highest BCUT2D eigenvalue weighted by molar-refractivity contribution is 7.92. The molecule has 0 aliphatic carbocycles. The van der Waals surface area contributed by atoms with Crippen LogP contribution < -0.4 is 29.0 Å². The number of rotatable bonds is 10. The molecule has 18 heteroatoms. The molecular weight excluding hydrogens is 695 g/mol. The van der Waals surface area contributed by atoms with Crippen molar-refractivity contribution in [2.75, 3.05) is 9.44 Å². The Morgan fingerprint density at radius 3 is 1.26 bits per heavy atom. The highest BCUT2D eigenvalue weighted by atomic mass is 35.5. The maximum absolute atomic E-state index is 13.0. The Morgan fingerprint density at radius 1 is 0.574 bits per heavy atom. The third-order valence-electron chi connectivity index (χ3n) is 6.62. The summed E-state index contributed by atoms with van der Waals surface area (Å²) in [7, 11) is -8.77. The minimum absolute atomic E-state index is 0.186. The molecule has 2 N–H and O–H groups in total. The van der Waals surface area contributed by atoms with Gasteiger partial charge >= 0.3 is 30.1 Å². The van der Waals surface area contributed by atoms with Crippen LogP contribution in [0.1, 0.15) is 11.1 Å². The molecule has 0 spiro atoms. The van der Waals surface area contributed by atoms with Crippen LogP contribution in [0.2, 0.25) is 10.0 Å². The molecule has 0 saturated heterocycles. The van der Waals surface area contributed by atoms with E-state index >= 15 is 0 Å². The first-order valence-electron chi connectivity index (χ1n) is 13.3. The number of benzene rings is 4. The van der Waals surface area contributed by atoms with Gasteiger partial charge in [-0.15, -0.1) is 0 Å². The van der Waals surface area contributed by atoms with Crippen LogP contribution in [0.4, 0.5) is 11.4 Å². The Morgan fingerprint density at radius 2 is 0.915 bits per heavy atom. The molecular formula is C29H20Cl2N6O8S2. The molecule has 47 heavy (non-hydrogen) atoms. The predicted molar refractivity (Wildman–Crippen MR) is 162 cm³/mol. The lowest BCUT2D eigenvalue weighted by atomic mass is 10.0. The van der Waals surface area contributed by atoms with E-state index in [1.165, 1.54) is 48.5 Å². The Labute approximate surface area is 277 Å². The Hall–Kier alpha value is -5.16. The smallest absolute Gasteiger partial charge is 0.373 e. The van der Waals surface area contributed by atoms with E-state index in [-0.39, 0.29) is 22.7 Å². The zero-order valence-corrected chi connectivity index (χ0v) is 26.7. The molecule has 0 aliphatic rings. The number of anilines is 2. The Balaban J connectivity index is 1.18. The van der Waals surface area contributed by atoms with Crippen molar-refractivity contribution in [3.8, 4) is 23.3 Å². The zero-order chi connectivity index (χ0) is 33.3. The van der Waals surface area contributed by atoms with Gasteiger partial charge in [0.1, 0.15) is 0 Å². The van der Waals surface area contributed by atoms with E-state index in [1.807, 2.05) is 0 Å². The van der Waals surface area contributed by atoms with E-state index in [0.717, 1.165) is 20.5 Å². The van der Waals surface area contributed by atoms with Gasteiger partial charge in [-0.3, -0.25) is 9.44 Å². The Bertz CT molecular complexity index is 2110. The summed E-state index contributed by atoms with van der Waals surface area (Å²) in [5.41, 5.74) is 2.49. The van der Waals surface area contributed by atoms with Crippen molar-refractivity contribution in [1.29, 1.82) is 0 Å². The number of nitrogens with one attached hydrogen (secondary N) is 2. The summed E-state index contributed by atoms with van der Waals surface area (Å²) in [6, 6.07) is 24.8. The summed E-state index contributed by atoms with van der Waals surface area (Å²) in [5.74, 6) is -2.30. The van der Waals surface area contributed by atoms with Gasteiger partial charge in [-0.2, -0.15) is 16.8 Å². The molecule has 14 nitrogen and oxygen atoms in total. The summed E-state index contributed by atoms with van der Waals surface area (Å²) in [6.45, 7) is 0. The van der Waals surface area contributed by atoms with Crippen LogP contribution >= 0.6 is 23.2 Å². The molecule has 240 valence electrons. The highest BCUT2D eigenvalue weighted by Crippen LogP contribution is 2.24. The van der Waals surface area contributed by atoms with E-state index in [0.29, 0.717) is 16.5 Å². The first-order valence-corrected chi connectivity index (χ1v) is 17.1. The fourth-order valence-electron chi connectivity index (χ4n) is 4.45. The van der Waals surface area contributed by atoms with E-state index in [4.69, 9.17) is 23.2 Å². The van der Waals surface area contributed by atoms with E-state index in [9.17, 15) is 27.0 Å². The molecule has 0 amide bonds. The summed E-state index contributed by atoms with van der Waals surface area (Å²) in [4.78, 5) is 0. The van der Waals surface area contributed by atoms with Crippen LogP contribution in [-0.4, -0.2) is 27.4 Å². The average Bonchev–Trinajstić information content (AvgIpc) is 3.63. The molecule has 0 unspecified atom stereocenters. The molecule has 0 bridgehead atoms. The summed E-state index contributed by atoms with van der Waals surface area (Å²) < 4.78 is 67.9. The average molecular weight is 716 g/mol. The van der Waals surface area contributed by atoms with Gasteiger partial charge in [-0.1, -0.05) is 47.5 Å². The third kappa shape index (κ3) is 6.85. The van der Waals surface area contributed by atoms with Crippen molar-refractivity contribution in [2.45, 2.75) is 16.5 Å². The maximum atomic E-state index is 13.0. The SMILES string of the molecule is O=S(=O)(Nc1ccc(Cl)cc1)c1c([O-])on[n+]1-c1ccc(Cc2ccc(-[n+]3noc([O-])c3S(=O)(=O)Nc3ccc(Cl)cc3)cc2)cc1. The lowest BCUT2D eigenvalue weighted by Crippen LogP contribution is -2.40. The van der Waals surface area contributed by atoms with Gasteiger partial charge in [-0.05, 0) is 75.4 Å². The van der Waals surface area contributed by atoms with Gasteiger partial charge in [0.2, 0.25) is 11.4 Å². The largest absolute Gasteiger partial charge is 0.538 e. The second-order valence-electron chi connectivity index (χ2n) is 9.89. The number of hydrogen-bond acceptors (Lipinski definition) is 10. The molecule has 0 atom stereocenters. The second-order valence-corrected chi connectivity index (χ2v) is 14.0. The molecule has 2 heterocycles. The standard InChI is InChI=1S/C29H20Cl2N6O8S2/c30-20-5-9-22(10-6-20)32-46(40,41)26-28(38)44-34-36(26)24-13-1-18(2-14-24)17-19-3-15-25(16-4-19)37-27(29(39)45-35-37)47(42,43)33-23-11-7-21(31)8-12-23/h1-16,32-33H,17H2. The molecule has 4 aromatic carbocycles. The Kier molecular flexibility index (Phi) is 8.50.